The zero-order chi connectivity index (χ0) is 11.1. The largest absolute Gasteiger partial charge is 0.378 e. The molecule has 0 aromatic rings. The van der Waals surface area contributed by atoms with E-state index in [9.17, 15) is 4.79 Å². The lowest BCUT2D eigenvalue weighted by atomic mass is 10.1. The molecule has 0 aromatic carbocycles. The Bertz CT molecular complexity index is 199. The van der Waals surface area contributed by atoms with Crippen LogP contribution in [0.4, 0.5) is 0 Å². The molecule has 5 nitrogen and oxygen atoms in total. The van der Waals surface area contributed by atoms with E-state index in [1.54, 1.807) is 0 Å². The van der Waals surface area contributed by atoms with Gasteiger partial charge in [-0.3, -0.25) is 9.69 Å². The molecule has 0 aromatic heterocycles. The highest BCUT2D eigenvalue weighted by Gasteiger charge is 2.26. The summed E-state index contributed by atoms with van der Waals surface area (Å²) in [5.41, 5.74) is 10.7. The summed E-state index contributed by atoms with van der Waals surface area (Å²) in [4.78, 5) is 13.2. The Labute approximate surface area is 90.7 Å². The van der Waals surface area contributed by atoms with Gasteiger partial charge in [0.25, 0.3) is 0 Å². The molecule has 1 fully saturated rings. The van der Waals surface area contributed by atoms with Gasteiger partial charge in [0.15, 0.2) is 0 Å². The third-order valence-electron chi connectivity index (χ3n) is 2.72. The summed E-state index contributed by atoms with van der Waals surface area (Å²) in [6.45, 7) is 3.59. The fourth-order valence-corrected chi connectivity index (χ4v) is 1.80. The number of hydrogen-bond donors (Lipinski definition) is 2. The van der Waals surface area contributed by atoms with Gasteiger partial charge in [0.2, 0.25) is 5.91 Å². The number of carbonyl (C=O) groups is 1. The van der Waals surface area contributed by atoms with Gasteiger partial charge in [0, 0.05) is 6.54 Å². The monoisotopic (exact) mass is 215 g/mol. The predicted octanol–water partition coefficient (Wildman–Crippen LogP) is -0.698. The summed E-state index contributed by atoms with van der Waals surface area (Å²) < 4.78 is 5.24. The molecule has 0 aliphatic carbocycles. The van der Waals surface area contributed by atoms with E-state index >= 15 is 0 Å². The maximum atomic E-state index is 11.1. The smallest absolute Gasteiger partial charge is 0.237 e. The maximum Gasteiger partial charge on any atom is 0.237 e. The molecule has 5 heteroatoms. The minimum atomic E-state index is -0.284. The Morgan fingerprint density at radius 3 is 2.87 bits per heavy atom. The van der Waals surface area contributed by atoms with Crippen molar-refractivity contribution < 1.29 is 9.53 Å². The normalized spacial score (nSPS) is 22.9. The molecule has 1 rings (SSSR count). The second-order valence-corrected chi connectivity index (χ2v) is 3.88. The van der Waals surface area contributed by atoms with Gasteiger partial charge in [-0.05, 0) is 25.9 Å². The molecule has 0 radical (unpaired) electrons. The molecule has 1 heterocycles. The number of nitrogens with zero attached hydrogens (tertiary/aromatic N) is 1. The molecule has 1 aliphatic rings. The quantitative estimate of drug-likeness (QED) is 0.574. The van der Waals surface area contributed by atoms with Crippen molar-refractivity contribution in [3.63, 3.8) is 0 Å². The van der Waals surface area contributed by atoms with E-state index in [0.717, 1.165) is 38.9 Å². The van der Waals surface area contributed by atoms with Crippen LogP contribution >= 0.6 is 0 Å². The van der Waals surface area contributed by atoms with Crippen LogP contribution < -0.4 is 11.5 Å². The van der Waals surface area contributed by atoms with Crippen molar-refractivity contribution >= 4 is 5.91 Å². The second-order valence-electron chi connectivity index (χ2n) is 3.88. The highest BCUT2D eigenvalue weighted by molar-refractivity contribution is 5.80. The van der Waals surface area contributed by atoms with Crippen LogP contribution in [-0.4, -0.2) is 49.7 Å². The molecular weight excluding hydrogens is 194 g/mol. The second kappa shape index (κ2) is 6.76. The van der Waals surface area contributed by atoms with Crippen molar-refractivity contribution in [3.8, 4) is 0 Å². The Morgan fingerprint density at radius 1 is 1.40 bits per heavy atom. The van der Waals surface area contributed by atoms with E-state index < -0.39 is 0 Å². The first kappa shape index (κ1) is 12.4. The third kappa shape index (κ3) is 4.15. The minimum absolute atomic E-state index is 0.239. The molecule has 4 N–H and O–H groups in total. The number of hydrogen-bond acceptors (Lipinski definition) is 4. The molecule has 1 saturated heterocycles. The van der Waals surface area contributed by atoms with E-state index in [4.69, 9.17) is 16.2 Å². The van der Waals surface area contributed by atoms with Crippen molar-refractivity contribution in [2.24, 2.45) is 11.5 Å². The van der Waals surface area contributed by atoms with Crippen LogP contribution in [-0.2, 0) is 9.53 Å². The lowest BCUT2D eigenvalue weighted by Crippen LogP contribution is -2.52. The summed E-state index contributed by atoms with van der Waals surface area (Å²) in [7, 11) is 0. The van der Waals surface area contributed by atoms with Gasteiger partial charge < -0.3 is 16.2 Å². The van der Waals surface area contributed by atoms with Crippen LogP contribution in [0.25, 0.3) is 0 Å². The van der Waals surface area contributed by atoms with E-state index in [-0.39, 0.29) is 11.9 Å². The molecule has 15 heavy (non-hydrogen) atoms. The molecule has 1 amide bonds. The van der Waals surface area contributed by atoms with E-state index in [1.165, 1.54) is 0 Å². The molecule has 88 valence electrons. The Morgan fingerprint density at radius 2 is 2.20 bits per heavy atom. The van der Waals surface area contributed by atoms with Gasteiger partial charge >= 0.3 is 0 Å². The van der Waals surface area contributed by atoms with Crippen LogP contribution in [0, 0.1) is 0 Å². The number of amides is 1. The number of unbranched alkanes of at least 4 members (excludes halogenated alkanes) is 2. The topological polar surface area (TPSA) is 81.6 Å². The fourth-order valence-electron chi connectivity index (χ4n) is 1.80. The van der Waals surface area contributed by atoms with Crippen molar-refractivity contribution in [3.05, 3.63) is 0 Å². The van der Waals surface area contributed by atoms with Gasteiger partial charge in [-0.1, -0.05) is 6.42 Å². The van der Waals surface area contributed by atoms with E-state index in [1.807, 2.05) is 0 Å². The van der Waals surface area contributed by atoms with Gasteiger partial charge in [-0.2, -0.15) is 0 Å². The summed E-state index contributed by atoms with van der Waals surface area (Å²) in [5.74, 6) is -0.284. The first-order valence-corrected chi connectivity index (χ1v) is 5.57. The lowest BCUT2D eigenvalue weighted by Gasteiger charge is -2.33. The zero-order valence-corrected chi connectivity index (χ0v) is 9.15. The summed E-state index contributed by atoms with van der Waals surface area (Å²) in [6, 6.07) is -0.239. The SMILES string of the molecule is NCCCCCN1CCOCC1C(N)=O. The highest BCUT2D eigenvalue weighted by atomic mass is 16.5. The van der Waals surface area contributed by atoms with Crippen molar-refractivity contribution in [2.45, 2.75) is 25.3 Å². The van der Waals surface area contributed by atoms with Crippen LogP contribution in [0.15, 0.2) is 0 Å². The first-order chi connectivity index (χ1) is 7.25. The summed E-state index contributed by atoms with van der Waals surface area (Å²) >= 11 is 0. The minimum Gasteiger partial charge on any atom is -0.378 e. The molecule has 1 unspecified atom stereocenters. The van der Waals surface area contributed by atoms with Crippen molar-refractivity contribution in [2.75, 3.05) is 32.8 Å². The average molecular weight is 215 g/mol. The summed E-state index contributed by atoms with van der Waals surface area (Å²) in [6.07, 6.45) is 3.23. The zero-order valence-electron chi connectivity index (χ0n) is 9.15. The van der Waals surface area contributed by atoms with E-state index in [0.29, 0.717) is 13.2 Å². The maximum absolute atomic E-state index is 11.1. The number of rotatable bonds is 6. The van der Waals surface area contributed by atoms with Gasteiger partial charge in [-0.25, -0.2) is 0 Å². The van der Waals surface area contributed by atoms with Gasteiger partial charge in [-0.15, -0.1) is 0 Å². The molecule has 0 bridgehead atoms. The average Bonchev–Trinajstić information content (AvgIpc) is 2.25. The highest BCUT2D eigenvalue weighted by Crippen LogP contribution is 2.08. The lowest BCUT2D eigenvalue weighted by molar-refractivity contribution is -0.129. The van der Waals surface area contributed by atoms with Gasteiger partial charge in [0.1, 0.15) is 6.04 Å². The van der Waals surface area contributed by atoms with Gasteiger partial charge in [0.05, 0.1) is 13.2 Å². The standard InChI is InChI=1S/C10H21N3O2/c11-4-2-1-3-5-13-6-7-15-8-9(13)10(12)14/h9H,1-8,11H2,(H2,12,14). The fraction of sp³-hybridized carbons (Fsp3) is 0.900. The Hall–Kier alpha value is -0.650. The molecule has 0 saturated carbocycles. The number of nitrogens with two attached hydrogens (primary N) is 2. The molecule has 1 aliphatic heterocycles. The first-order valence-electron chi connectivity index (χ1n) is 5.57. The van der Waals surface area contributed by atoms with Crippen LogP contribution in [0.2, 0.25) is 0 Å². The van der Waals surface area contributed by atoms with Crippen LogP contribution in [0.1, 0.15) is 19.3 Å². The van der Waals surface area contributed by atoms with Crippen LogP contribution in [0.5, 0.6) is 0 Å². The number of primary amides is 1. The third-order valence-corrected chi connectivity index (χ3v) is 2.72. The van der Waals surface area contributed by atoms with Crippen molar-refractivity contribution in [1.82, 2.24) is 4.90 Å². The predicted molar refractivity (Wildman–Crippen MR) is 58.3 cm³/mol. The van der Waals surface area contributed by atoms with Crippen LogP contribution in [0.3, 0.4) is 0 Å². The number of ether oxygens (including phenoxy) is 1. The van der Waals surface area contributed by atoms with Crippen molar-refractivity contribution in [1.29, 1.82) is 0 Å². The summed E-state index contributed by atoms with van der Waals surface area (Å²) in [5, 5.41) is 0. The molecule has 1 atom stereocenters. The van der Waals surface area contributed by atoms with E-state index in [2.05, 4.69) is 4.90 Å². The number of carbonyl (C=O) groups excluding carboxylic acids is 1. The number of morpholine rings is 1. The molecule has 0 spiro atoms. The Kier molecular flexibility index (Phi) is 5.60. The molecular formula is C10H21N3O2. The Balaban J connectivity index is 2.26.